The van der Waals surface area contributed by atoms with Crippen molar-refractivity contribution in [2.75, 3.05) is 13.7 Å². The van der Waals surface area contributed by atoms with Crippen LogP contribution in [-0.2, 0) is 16.0 Å². The van der Waals surface area contributed by atoms with Crippen molar-refractivity contribution in [2.24, 2.45) is 0 Å². The van der Waals surface area contributed by atoms with Gasteiger partial charge in [-0.15, -0.1) is 0 Å². The molecule has 0 aliphatic heterocycles. The van der Waals surface area contributed by atoms with E-state index in [-0.39, 0.29) is 5.75 Å². The van der Waals surface area contributed by atoms with Gasteiger partial charge < -0.3 is 14.8 Å². The molecule has 0 aromatic heterocycles. The molecule has 0 aliphatic rings. The second-order valence-corrected chi connectivity index (χ2v) is 5.13. The molecule has 0 saturated heterocycles. The van der Waals surface area contributed by atoms with Gasteiger partial charge in [0.05, 0.1) is 7.11 Å². The van der Waals surface area contributed by atoms with Gasteiger partial charge in [0, 0.05) is 11.6 Å². The average molecular weight is 334 g/mol. The van der Waals surface area contributed by atoms with E-state index in [1.165, 1.54) is 12.1 Å². The van der Waals surface area contributed by atoms with Crippen LogP contribution in [0, 0.1) is 0 Å². The first kappa shape index (κ1) is 16.8. The molecule has 0 heterocycles. The Bertz CT molecular complexity index is 668. The molecule has 0 aliphatic carbocycles. The lowest BCUT2D eigenvalue weighted by Gasteiger charge is -2.06. The summed E-state index contributed by atoms with van der Waals surface area (Å²) in [6.45, 7) is 0.334. The number of benzene rings is 2. The third-order valence-electron chi connectivity index (χ3n) is 3.07. The highest BCUT2D eigenvalue weighted by molar-refractivity contribution is 6.33. The van der Waals surface area contributed by atoms with Crippen LogP contribution in [0.3, 0.4) is 0 Å². The van der Waals surface area contributed by atoms with E-state index in [1.807, 2.05) is 24.3 Å². The lowest BCUT2D eigenvalue weighted by Crippen LogP contribution is -2.35. The summed E-state index contributed by atoms with van der Waals surface area (Å²) < 4.78 is 10.0. The summed E-state index contributed by atoms with van der Waals surface area (Å²) in [6, 6.07) is 13.7. The van der Waals surface area contributed by atoms with Gasteiger partial charge in [-0.05, 0) is 48.4 Å². The predicted molar refractivity (Wildman–Crippen MR) is 86.8 cm³/mol. The van der Waals surface area contributed by atoms with Gasteiger partial charge in [0.15, 0.2) is 0 Å². The minimum atomic E-state index is -0.956. The molecule has 0 fully saturated rings. The molecule has 1 amide bonds. The maximum Gasteiger partial charge on any atom is 0.402 e. The maximum atomic E-state index is 11.7. The van der Waals surface area contributed by atoms with Crippen LogP contribution in [0.5, 0.6) is 11.5 Å². The smallest absolute Gasteiger partial charge is 0.402 e. The molecule has 0 bridgehead atoms. The van der Waals surface area contributed by atoms with E-state index in [4.69, 9.17) is 21.1 Å². The van der Waals surface area contributed by atoms with E-state index in [2.05, 4.69) is 5.32 Å². The summed E-state index contributed by atoms with van der Waals surface area (Å²) in [5.74, 6) is -0.704. The fourth-order valence-corrected chi connectivity index (χ4v) is 1.97. The van der Waals surface area contributed by atoms with Gasteiger partial charge in [0.25, 0.3) is 0 Å². The monoisotopic (exact) mass is 333 g/mol. The van der Waals surface area contributed by atoms with Gasteiger partial charge in [-0.1, -0.05) is 23.7 Å². The Hall–Kier alpha value is -2.53. The molecule has 23 heavy (non-hydrogen) atoms. The molecule has 6 heteroatoms. The average Bonchev–Trinajstić information content (AvgIpc) is 2.57. The summed E-state index contributed by atoms with van der Waals surface area (Å²) in [5, 5.41) is 3.04. The summed E-state index contributed by atoms with van der Waals surface area (Å²) in [5.41, 5.74) is 1.03. The van der Waals surface area contributed by atoms with E-state index >= 15 is 0 Å². The molecule has 1 N–H and O–H groups in total. The van der Waals surface area contributed by atoms with Crippen LogP contribution in [0.4, 0.5) is 0 Å². The molecule has 0 unspecified atom stereocenters. The lowest BCUT2D eigenvalue weighted by molar-refractivity contribution is -0.148. The Morgan fingerprint density at radius 2 is 1.61 bits per heavy atom. The molecular weight excluding hydrogens is 318 g/mol. The Morgan fingerprint density at radius 1 is 1.00 bits per heavy atom. The van der Waals surface area contributed by atoms with Crippen molar-refractivity contribution in [3.8, 4) is 11.5 Å². The van der Waals surface area contributed by atoms with E-state index in [0.29, 0.717) is 18.0 Å². The van der Waals surface area contributed by atoms with Crippen molar-refractivity contribution >= 4 is 23.5 Å². The van der Waals surface area contributed by atoms with Crippen molar-refractivity contribution in [2.45, 2.75) is 6.42 Å². The molecule has 0 radical (unpaired) electrons. The highest BCUT2D eigenvalue weighted by Crippen LogP contribution is 2.15. The first-order valence-corrected chi connectivity index (χ1v) is 7.35. The van der Waals surface area contributed by atoms with Crippen LogP contribution in [-0.4, -0.2) is 25.5 Å². The Balaban J connectivity index is 1.77. The molecule has 0 spiro atoms. The molecule has 2 rings (SSSR count). The minimum absolute atomic E-state index is 0.268. The highest BCUT2D eigenvalue weighted by atomic mass is 35.5. The zero-order chi connectivity index (χ0) is 16.7. The van der Waals surface area contributed by atoms with Crippen LogP contribution in [0.2, 0.25) is 5.02 Å². The Labute approximate surface area is 139 Å². The number of carbonyl (C=O) groups is 2. The number of hydrogen-bond donors (Lipinski definition) is 1. The van der Waals surface area contributed by atoms with Crippen LogP contribution in [0.1, 0.15) is 5.56 Å². The van der Waals surface area contributed by atoms with Crippen molar-refractivity contribution in [1.29, 1.82) is 0 Å². The molecular formula is C17H16ClNO4. The second kappa shape index (κ2) is 8.19. The maximum absolute atomic E-state index is 11.7. The Morgan fingerprint density at radius 3 is 2.22 bits per heavy atom. The fourth-order valence-electron chi connectivity index (χ4n) is 1.84. The molecule has 2 aromatic carbocycles. The second-order valence-electron chi connectivity index (χ2n) is 4.70. The first-order chi connectivity index (χ1) is 11.1. The summed E-state index contributed by atoms with van der Waals surface area (Å²) in [6.07, 6.45) is 0.601. The van der Waals surface area contributed by atoms with E-state index in [9.17, 15) is 9.59 Å². The van der Waals surface area contributed by atoms with Gasteiger partial charge in [-0.2, -0.15) is 0 Å². The van der Waals surface area contributed by atoms with Gasteiger partial charge in [0.1, 0.15) is 11.5 Å². The van der Waals surface area contributed by atoms with Gasteiger partial charge in [-0.25, -0.2) is 4.79 Å². The third-order valence-corrected chi connectivity index (χ3v) is 3.32. The van der Waals surface area contributed by atoms with Crippen LogP contribution >= 0.6 is 11.6 Å². The molecule has 5 nitrogen and oxygen atoms in total. The predicted octanol–water partition coefficient (Wildman–Crippen LogP) is 2.61. The largest absolute Gasteiger partial charge is 0.497 e. The minimum Gasteiger partial charge on any atom is -0.497 e. The number of esters is 1. The highest BCUT2D eigenvalue weighted by Gasteiger charge is 2.15. The number of rotatable bonds is 5. The number of hydrogen-bond acceptors (Lipinski definition) is 4. The fraction of sp³-hybridized carbons (Fsp3) is 0.176. The van der Waals surface area contributed by atoms with E-state index in [0.717, 1.165) is 11.3 Å². The summed E-state index contributed by atoms with van der Waals surface area (Å²) in [7, 11) is 1.60. The van der Waals surface area contributed by atoms with Crippen LogP contribution < -0.4 is 14.8 Å². The number of carbonyl (C=O) groups excluding carboxylic acids is 2. The molecule has 0 atom stereocenters. The van der Waals surface area contributed by atoms with Crippen molar-refractivity contribution < 1.29 is 19.1 Å². The van der Waals surface area contributed by atoms with Crippen LogP contribution in [0.25, 0.3) is 0 Å². The molecule has 0 saturated carbocycles. The topological polar surface area (TPSA) is 64.6 Å². The van der Waals surface area contributed by atoms with Gasteiger partial charge in [-0.3, -0.25) is 4.79 Å². The zero-order valence-electron chi connectivity index (χ0n) is 12.5. The number of methoxy groups -OCH3 is 1. The van der Waals surface area contributed by atoms with Crippen molar-refractivity contribution in [1.82, 2.24) is 5.32 Å². The molecule has 120 valence electrons. The normalized spacial score (nSPS) is 10.0. The Kier molecular flexibility index (Phi) is 6.00. The number of nitrogens with one attached hydrogen (secondary N) is 1. The van der Waals surface area contributed by atoms with Crippen molar-refractivity contribution in [3.05, 3.63) is 59.1 Å². The van der Waals surface area contributed by atoms with Crippen LogP contribution in [0.15, 0.2) is 48.5 Å². The summed E-state index contributed by atoms with van der Waals surface area (Å²) >= 11 is 5.73. The number of amides is 1. The lowest BCUT2D eigenvalue weighted by atomic mass is 10.1. The first-order valence-electron chi connectivity index (χ1n) is 6.97. The standard InChI is InChI=1S/C17H16ClNO4/c1-22-14-6-2-12(3-7-14)10-11-19-16(20)17(21)23-15-8-4-13(18)5-9-15/h2-9H,10-11H2,1H3,(H,19,20). The SMILES string of the molecule is COc1ccc(CCNC(=O)C(=O)Oc2ccc(Cl)cc2)cc1. The van der Waals surface area contributed by atoms with Gasteiger partial charge >= 0.3 is 11.9 Å². The third kappa shape index (κ3) is 5.30. The molecule has 2 aromatic rings. The zero-order valence-corrected chi connectivity index (χ0v) is 13.3. The quantitative estimate of drug-likeness (QED) is 0.519. The number of halogens is 1. The summed E-state index contributed by atoms with van der Waals surface area (Å²) in [4.78, 5) is 23.3. The number of ether oxygens (including phenoxy) is 2. The van der Waals surface area contributed by atoms with E-state index in [1.54, 1.807) is 19.2 Å². The van der Waals surface area contributed by atoms with Gasteiger partial charge in [0.2, 0.25) is 0 Å². The van der Waals surface area contributed by atoms with E-state index < -0.39 is 11.9 Å². The van der Waals surface area contributed by atoms with Crippen molar-refractivity contribution in [3.63, 3.8) is 0 Å².